The molecule has 2 aromatic rings. The first-order chi connectivity index (χ1) is 12.0. The van der Waals surface area contributed by atoms with Crippen LogP contribution in [-0.4, -0.2) is 47.7 Å². The van der Waals surface area contributed by atoms with E-state index in [-0.39, 0.29) is 22.6 Å². The Hall–Kier alpha value is -1.85. The van der Waals surface area contributed by atoms with E-state index in [0.29, 0.717) is 41.5 Å². The summed E-state index contributed by atoms with van der Waals surface area (Å²) >= 11 is 6.08. The summed E-state index contributed by atoms with van der Waals surface area (Å²) in [6.07, 6.45) is 5.02. The van der Waals surface area contributed by atoms with E-state index in [2.05, 4.69) is 4.98 Å². The number of benzene rings is 1. The summed E-state index contributed by atoms with van der Waals surface area (Å²) in [7, 11) is 1.72. The molecule has 5 nitrogen and oxygen atoms in total. The van der Waals surface area contributed by atoms with Gasteiger partial charge >= 0.3 is 0 Å². The summed E-state index contributed by atoms with van der Waals surface area (Å²) < 4.78 is 5.43. The molecule has 2 aliphatic rings. The molecule has 1 aromatic heterocycles. The van der Waals surface area contributed by atoms with Crippen LogP contribution in [0.2, 0.25) is 5.02 Å². The molecule has 1 aliphatic carbocycles. The van der Waals surface area contributed by atoms with E-state index < -0.39 is 0 Å². The molecule has 2 fully saturated rings. The van der Waals surface area contributed by atoms with Crippen molar-refractivity contribution in [3.63, 3.8) is 0 Å². The molecule has 1 aromatic carbocycles. The van der Waals surface area contributed by atoms with Gasteiger partial charge in [-0.3, -0.25) is 9.78 Å². The normalized spacial score (nSPS) is 19.5. The Morgan fingerprint density at radius 1 is 1.44 bits per heavy atom. The van der Waals surface area contributed by atoms with Crippen molar-refractivity contribution in [3.8, 4) is 5.75 Å². The molecular weight excluding hydrogens is 340 g/mol. The maximum absolute atomic E-state index is 13.0. The van der Waals surface area contributed by atoms with E-state index >= 15 is 0 Å². The minimum absolute atomic E-state index is 0.0682. The summed E-state index contributed by atoms with van der Waals surface area (Å²) in [4.78, 5) is 19.0. The van der Waals surface area contributed by atoms with Crippen LogP contribution in [0.5, 0.6) is 5.75 Å². The topological polar surface area (TPSA) is 62.7 Å². The third-order valence-corrected chi connectivity index (χ3v) is 5.96. The van der Waals surface area contributed by atoms with Gasteiger partial charge in [0.2, 0.25) is 0 Å². The second-order valence-electron chi connectivity index (χ2n) is 7.26. The molecule has 0 radical (unpaired) electrons. The molecule has 2 heterocycles. The first kappa shape index (κ1) is 16.6. The molecule has 0 unspecified atom stereocenters. The van der Waals surface area contributed by atoms with Gasteiger partial charge in [-0.05, 0) is 37.0 Å². The highest BCUT2D eigenvalue weighted by molar-refractivity contribution is 6.31. The Morgan fingerprint density at radius 2 is 2.20 bits per heavy atom. The number of fused-ring (bicyclic) bond motifs is 1. The molecule has 1 N–H and O–H groups in total. The van der Waals surface area contributed by atoms with Gasteiger partial charge in [-0.2, -0.15) is 0 Å². The number of carbonyl (C=O) groups is 1. The van der Waals surface area contributed by atoms with Gasteiger partial charge in [0.15, 0.2) is 0 Å². The molecule has 132 valence electrons. The van der Waals surface area contributed by atoms with Crippen molar-refractivity contribution in [3.05, 3.63) is 35.0 Å². The Kier molecular flexibility index (Phi) is 4.08. The van der Waals surface area contributed by atoms with Crippen LogP contribution in [0.4, 0.5) is 0 Å². The van der Waals surface area contributed by atoms with E-state index in [1.807, 2.05) is 0 Å². The summed E-state index contributed by atoms with van der Waals surface area (Å²) in [5.41, 5.74) is 0.999. The number of aromatic nitrogens is 1. The highest BCUT2D eigenvalue weighted by Gasteiger charge is 2.52. The van der Waals surface area contributed by atoms with Gasteiger partial charge < -0.3 is 14.7 Å². The average molecular weight is 361 g/mol. The lowest BCUT2D eigenvalue weighted by Crippen LogP contribution is -2.64. The summed E-state index contributed by atoms with van der Waals surface area (Å²) in [5.74, 6) is 0.361. The molecule has 0 atom stereocenters. The first-order valence-corrected chi connectivity index (χ1v) is 8.97. The third-order valence-electron chi connectivity index (χ3n) is 5.73. The van der Waals surface area contributed by atoms with E-state index in [9.17, 15) is 9.90 Å². The van der Waals surface area contributed by atoms with Crippen LogP contribution in [-0.2, 0) is 4.74 Å². The molecule has 1 saturated heterocycles. The summed E-state index contributed by atoms with van der Waals surface area (Å²) in [6, 6.07) is 5.17. The predicted octanol–water partition coefficient (Wildman–Crippen LogP) is 3.48. The van der Waals surface area contributed by atoms with E-state index in [1.165, 1.54) is 25.5 Å². The molecule has 0 bridgehead atoms. The van der Waals surface area contributed by atoms with Gasteiger partial charge in [0.25, 0.3) is 5.91 Å². The van der Waals surface area contributed by atoms with Crippen LogP contribution in [0.15, 0.2) is 24.4 Å². The van der Waals surface area contributed by atoms with Crippen LogP contribution < -0.4 is 0 Å². The smallest absolute Gasteiger partial charge is 0.258 e. The zero-order valence-electron chi connectivity index (χ0n) is 14.2. The fourth-order valence-corrected chi connectivity index (χ4v) is 4.34. The highest BCUT2D eigenvalue weighted by Crippen LogP contribution is 2.48. The van der Waals surface area contributed by atoms with Crippen LogP contribution in [0, 0.1) is 11.3 Å². The van der Waals surface area contributed by atoms with Crippen LogP contribution in [0.1, 0.15) is 29.6 Å². The second-order valence-corrected chi connectivity index (χ2v) is 7.70. The monoisotopic (exact) mass is 360 g/mol. The van der Waals surface area contributed by atoms with Crippen molar-refractivity contribution in [1.29, 1.82) is 0 Å². The lowest BCUT2D eigenvalue weighted by molar-refractivity contribution is -0.0974. The second kappa shape index (κ2) is 6.15. The zero-order chi connectivity index (χ0) is 17.6. The number of rotatable bonds is 4. The number of ether oxygens (including phenoxy) is 1. The van der Waals surface area contributed by atoms with Crippen LogP contribution in [0.25, 0.3) is 10.9 Å². The Bertz CT molecular complexity index is 824. The van der Waals surface area contributed by atoms with Gasteiger partial charge in [-0.1, -0.05) is 18.0 Å². The van der Waals surface area contributed by atoms with Gasteiger partial charge in [-0.25, -0.2) is 0 Å². The van der Waals surface area contributed by atoms with Gasteiger partial charge in [-0.15, -0.1) is 0 Å². The number of methoxy groups -OCH3 is 1. The number of likely N-dealkylation sites (tertiary alicyclic amines) is 1. The summed E-state index contributed by atoms with van der Waals surface area (Å²) in [6.45, 7) is 2.03. The molecular formula is C19H21ClN2O3. The predicted molar refractivity (Wildman–Crippen MR) is 96.0 cm³/mol. The number of hydrogen-bond donors (Lipinski definition) is 1. The number of hydrogen-bond acceptors (Lipinski definition) is 4. The molecule has 4 rings (SSSR count). The Morgan fingerprint density at radius 3 is 2.84 bits per heavy atom. The average Bonchev–Trinajstić information content (AvgIpc) is 2.49. The lowest BCUT2D eigenvalue weighted by Gasteiger charge is -2.56. The molecule has 1 saturated carbocycles. The molecule has 6 heteroatoms. The number of aromatic hydroxyl groups is 1. The van der Waals surface area contributed by atoms with Crippen molar-refractivity contribution in [2.45, 2.75) is 19.3 Å². The number of pyridine rings is 1. The first-order valence-electron chi connectivity index (χ1n) is 8.59. The van der Waals surface area contributed by atoms with Gasteiger partial charge in [0.1, 0.15) is 5.75 Å². The fraction of sp³-hybridized carbons (Fsp3) is 0.474. The van der Waals surface area contributed by atoms with Gasteiger partial charge in [0, 0.05) is 36.0 Å². The number of amides is 1. The van der Waals surface area contributed by atoms with Crippen molar-refractivity contribution in [2.75, 3.05) is 26.8 Å². The maximum Gasteiger partial charge on any atom is 0.258 e. The number of nitrogens with zero attached hydrogens (tertiary/aromatic N) is 2. The van der Waals surface area contributed by atoms with E-state index in [1.54, 1.807) is 30.2 Å². The van der Waals surface area contributed by atoms with Crippen molar-refractivity contribution in [1.82, 2.24) is 9.88 Å². The molecule has 1 aliphatic heterocycles. The molecule has 1 amide bonds. The number of carbonyl (C=O) groups excluding carboxylic acids is 1. The third kappa shape index (κ3) is 2.66. The number of halogens is 1. The van der Waals surface area contributed by atoms with E-state index in [0.717, 1.165) is 0 Å². The maximum atomic E-state index is 13.0. The SMILES string of the molecule is COCC1(C2CCC2)CN(C(=O)c2c(O)cnc3ccc(Cl)cc23)C1. The van der Waals surface area contributed by atoms with E-state index in [4.69, 9.17) is 16.3 Å². The summed E-state index contributed by atoms with van der Waals surface area (Å²) in [5, 5.41) is 11.4. The quantitative estimate of drug-likeness (QED) is 0.906. The Labute approximate surface area is 151 Å². The van der Waals surface area contributed by atoms with Crippen molar-refractivity contribution in [2.24, 2.45) is 11.3 Å². The Balaban J connectivity index is 1.63. The zero-order valence-corrected chi connectivity index (χ0v) is 14.9. The highest BCUT2D eigenvalue weighted by atomic mass is 35.5. The minimum atomic E-state index is -0.168. The van der Waals surface area contributed by atoms with Crippen molar-refractivity contribution >= 4 is 28.4 Å². The minimum Gasteiger partial charge on any atom is -0.505 e. The fourth-order valence-electron chi connectivity index (χ4n) is 4.17. The standard InChI is InChI=1S/C19H21ClN2O3/c1-25-11-19(12-3-2-4-12)9-22(10-19)18(24)17-14-7-13(20)5-6-15(14)21-8-16(17)23/h5-8,12,23H,2-4,9-11H2,1H3. The van der Waals surface area contributed by atoms with Crippen molar-refractivity contribution < 1.29 is 14.6 Å². The van der Waals surface area contributed by atoms with Crippen LogP contribution >= 0.6 is 11.6 Å². The molecule has 25 heavy (non-hydrogen) atoms. The van der Waals surface area contributed by atoms with Gasteiger partial charge in [0.05, 0.1) is 23.9 Å². The van der Waals surface area contributed by atoms with Crippen LogP contribution in [0.3, 0.4) is 0 Å². The molecule has 0 spiro atoms. The lowest BCUT2D eigenvalue weighted by atomic mass is 9.61. The largest absolute Gasteiger partial charge is 0.505 e.